The van der Waals surface area contributed by atoms with Crippen molar-refractivity contribution in [3.05, 3.63) is 30.0 Å². The summed E-state index contributed by atoms with van der Waals surface area (Å²) in [4.78, 5) is 11.9. The van der Waals surface area contributed by atoms with Gasteiger partial charge in [0.2, 0.25) is 0 Å². The Hall–Kier alpha value is -1.88. The monoisotopic (exact) mass is 232 g/mol. The number of aromatic amines is 1. The third-order valence-electron chi connectivity index (χ3n) is 2.60. The van der Waals surface area contributed by atoms with Crippen molar-refractivity contribution in [3.8, 4) is 0 Å². The van der Waals surface area contributed by atoms with Crippen LogP contribution in [0.4, 0.5) is 0 Å². The highest BCUT2D eigenvalue weighted by Gasteiger charge is 2.12. The van der Waals surface area contributed by atoms with Crippen LogP contribution in [0.5, 0.6) is 0 Å². The first-order valence-electron chi connectivity index (χ1n) is 5.74. The van der Waals surface area contributed by atoms with Crippen LogP contribution in [0, 0.1) is 0 Å². The maximum absolute atomic E-state index is 11.9. The van der Waals surface area contributed by atoms with Crippen molar-refractivity contribution < 1.29 is 4.79 Å². The summed E-state index contributed by atoms with van der Waals surface area (Å²) in [6.45, 7) is 1.29. The minimum Gasteiger partial charge on any atom is -0.351 e. The number of unbranched alkanes of at least 4 members (excludes halogenated alkanes) is 1. The van der Waals surface area contributed by atoms with E-state index in [9.17, 15) is 4.79 Å². The van der Waals surface area contributed by atoms with Crippen LogP contribution in [-0.2, 0) is 0 Å². The van der Waals surface area contributed by atoms with Crippen molar-refractivity contribution in [1.29, 1.82) is 0 Å². The standard InChI is InChI=1S/C12H16N4O/c13-7-3-4-8-14-12(17)11-9-5-1-2-6-10(9)15-16-11/h1-2,5-6H,3-4,7-8,13H2,(H,14,17)(H,15,16). The van der Waals surface area contributed by atoms with E-state index in [4.69, 9.17) is 5.73 Å². The maximum Gasteiger partial charge on any atom is 0.272 e. The molecule has 0 aliphatic carbocycles. The Balaban J connectivity index is 2.04. The molecule has 90 valence electrons. The molecule has 0 radical (unpaired) electrons. The first-order valence-corrected chi connectivity index (χ1v) is 5.74. The zero-order valence-electron chi connectivity index (χ0n) is 9.57. The number of hydrogen-bond donors (Lipinski definition) is 3. The second-order valence-corrected chi connectivity index (χ2v) is 3.87. The second-order valence-electron chi connectivity index (χ2n) is 3.87. The highest BCUT2D eigenvalue weighted by molar-refractivity contribution is 6.04. The minimum absolute atomic E-state index is 0.139. The third-order valence-corrected chi connectivity index (χ3v) is 2.60. The van der Waals surface area contributed by atoms with E-state index in [1.54, 1.807) is 0 Å². The van der Waals surface area contributed by atoms with Crippen LogP contribution in [0.25, 0.3) is 10.9 Å². The van der Waals surface area contributed by atoms with Gasteiger partial charge < -0.3 is 11.1 Å². The number of benzene rings is 1. The van der Waals surface area contributed by atoms with Gasteiger partial charge in [0, 0.05) is 11.9 Å². The number of para-hydroxylation sites is 1. The quantitative estimate of drug-likeness (QED) is 0.673. The molecule has 1 aromatic heterocycles. The van der Waals surface area contributed by atoms with Crippen LogP contribution >= 0.6 is 0 Å². The van der Waals surface area contributed by atoms with Gasteiger partial charge in [0.25, 0.3) is 5.91 Å². The molecule has 0 saturated carbocycles. The average Bonchev–Trinajstić information content (AvgIpc) is 2.78. The molecule has 0 unspecified atom stereocenters. The summed E-state index contributed by atoms with van der Waals surface area (Å²) in [7, 11) is 0. The van der Waals surface area contributed by atoms with E-state index in [1.165, 1.54) is 0 Å². The Kier molecular flexibility index (Phi) is 3.72. The largest absolute Gasteiger partial charge is 0.351 e. The van der Waals surface area contributed by atoms with Gasteiger partial charge in [-0.1, -0.05) is 18.2 Å². The third kappa shape index (κ3) is 2.62. The number of aromatic nitrogens is 2. The topological polar surface area (TPSA) is 83.8 Å². The Morgan fingerprint density at radius 3 is 3.00 bits per heavy atom. The molecule has 4 N–H and O–H groups in total. The summed E-state index contributed by atoms with van der Waals surface area (Å²) >= 11 is 0. The molecule has 0 atom stereocenters. The van der Waals surface area contributed by atoms with Crippen molar-refractivity contribution in [2.75, 3.05) is 13.1 Å². The summed E-state index contributed by atoms with van der Waals surface area (Å²) in [5.41, 5.74) is 6.71. The van der Waals surface area contributed by atoms with Crippen LogP contribution in [-0.4, -0.2) is 29.2 Å². The van der Waals surface area contributed by atoms with Gasteiger partial charge in [-0.3, -0.25) is 9.89 Å². The number of hydrogen-bond acceptors (Lipinski definition) is 3. The van der Waals surface area contributed by atoms with Gasteiger partial charge in [-0.05, 0) is 25.5 Å². The molecule has 2 rings (SSSR count). The number of rotatable bonds is 5. The number of nitrogens with zero attached hydrogens (tertiary/aromatic N) is 1. The van der Waals surface area contributed by atoms with Crippen LogP contribution in [0.2, 0.25) is 0 Å². The molecular formula is C12H16N4O. The zero-order chi connectivity index (χ0) is 12.1. The molecule has 0 bridgehead atoms. The summed E-state index contributed by atoms with van der Waals surface area (Å²) in [6.07, 6.45) is 1.81. The van der Waals surface area contributed by atoms with E-state index < -0.39 is 0 Å². The number of nitrogens with one attached hydrogen (secondary N) is 2. The molecule has 0 fully saturated rings. The van der Waals surface area contributed by atoms with Crippen molar-refractivity contribution in [3.63, 3.8) is 0 Å². The van der Waals surface area contributed by atoms with Gasteiger partial charge in [0.1, 0.15) is 0 Å². The van der Waals surface area contributed by atoms with E-state index in [1.807, 2.05) is 24.3 Å². The van der Waals surface area contributed by atoms with E-state index in [0.717, 1.165) is 23.7 Å². The number of carbonyl (C=O) groups is 1. The fraction of sp³-hybridized carbons (Fsp3) is 0.333. The van der Waals surface area contributed by atoms with Gasteiger partial charge in [0.15, 0.2) is 5.69 Å². The number of nitrogens with two attached hydrogens (primary N) is 1. The molecule has 5 nitrogen and oxygen atoms in total. The summed E-state index contributed by atoms with van der Waals surface area (Å²) in [5, 5.41) is 10.6. The normalized spacial score (nSPS) is 10.6. The van der Waals surface area contributed by atoms with Crippen LogP contribution < -0.4 is 11.1 Å². The number of amides is 1. The Bertz CT molecular complexity index is 506. The summed E-state index contributed by atoms with van der Waals surface area (Å²) < 4.78 is 0. The Labute approximate surface area is 99.4 Å². The number of fused-ring (bicyclic) bond motifs is 1. The SMILES string of the molecule is NCCCCNC(=O)c1n[nH]c2ccccc12. The molecule has 0 aliphatic heterocycles. The fourth-order valence-electron chi connectivity index (χ4n) is 1.69. The van der Waals surface area contributed by atoms with Crippen molar-refractivity contribution in [2.24, 2.45) is 5.73 Å². The molecule has 2 aromatic rings. The molecule has 1 amide bonds. The molecule has 1 heterocycles. The van der Waals surface area contributed by atoms with Gasteiger partial charge in [-0.15, -0.1) is 0 Å². The predicted molar refractivity (Wildman–Crippen MR) is 66.7 cm³/mol. The second kappa shape index (κ2) is 5.45. The first kappa shape index (κ1) is 11.6. The molecule has 1 aromatic carbocycles. The first-order chi connectivity index (χ1) is 8.33. The van der Waals surface area contributed by atoms with Crippen LogP contribution in [0.1, 0.15) is 23.3 Å². The predicted octanol–water partition coefficient (Wildman–Crippen LogP) is 1.03. The summed E-state index contributed by atoms with van der Waals surface area (Å²) in [5.74, 6) is -0.139. The van der Waals surface area contributed by atoms with Crippen LogP contribution in [0.3, 0.4) is 0 Å². The van der Waals surface area contributed by atoms with E-state index >= 15 is 0 Å². The number of carbonyl (C=O) groups excluding carboxylic acids is 1. The van der Waals surface area contributed by atoms with Gasteiger partial charge in [-0.25, -0.2) is 0 Å². The van der Waals surface area contributed by atoms with E-state index in [2.05, 4.69) is 15.5 Å². The molecular weight excluding hydrogens is 216 g/mol. The fourth-order valence-corrected chi connectivity index (χ4v) is 1.69. The molecule has 0 saturated heterocycles. The summed E-state index contributed by atoms with van der Waals surface area (Å²) in [6, 6.07) is 7.58. The average molecular weight is 232 g/mol. The van der Waals surface area contributed by atoms with E-state index in [-0.39, 0.29) is 5.91 Å². The van der Waals surface area contributed by atoms with E-state index in [0.29, 0.717) is 18.8 Å². The number of H-pyrrole nitrogens is 1. The minimum atomic E-state index is -0.139. The molecule has 17 heavy (non-hydrogen) atoms. The highest BCUT2D eigenvalue weighted by atomic mass is 16.1. The van der Waals surface area contributed by atoms with Crippen LogP contribution in [0.15, 0.2) is 24.3 Å². The lowest BCUT2D eigenvalue weighted by Crippen LogP contribution is -2.25. The van der Waals surface area contributed by atoms with Crippen molar-refractivity contribution in [1.82, 2.24) is 15.5 Å². The Morgan fingerprint density at radius 1 is 1.35 bits per heavy atom. The highest BCUT2D eigenvalue weighted by Crippen LogP contribution is 2.14. The van der Waals surface area contributed by atoms with Crippen molar-refractivity contribution in [2.45, 2.75) is 12.8 Å². The van der Waals surface area contributed by atoms with Gasteiger partial charge in [0.05, 0.1) is 5.52 Å². The molecule has 0 aliphatic rings. The van der Waals surface area contributed by atoms with Crippen molar-refractivity contribution >= 4 is 16.8 Å². The lowest BCUT2D eigenvalue weighted by Gasteiger charge is -2.02. The van der Waals surface area contributed by atoms with Gasteiger partial charge in [-0.2, -0.15) is 5.10 Å². The lowest BCUT2D eigenvalue weighted by atomic mass is 10.2. The zero-order valence-corrected chi connectivity index (χ0v) is 9.57. The smallest absolute Gasteiger partial charge is 0.272 e. The molecule has 5 heteroatoms. The Morgan fingerprint density at radius 2 is 2.18 bits per heavy atom. The lowest BCUT2D eigenvalue weighted by molar-refractivity contribution is 0.0949. The van der Waals surface area contributed by atoms with Gasteiger partial charge >= 0.3 is 0 Å². The maximum atomic E-state index is 11.9. The molecule has 0 spiro atoms.